The maximum atomic E-state index is 11.4. The third kappa shape index (κ3) is 2.13. The van der Waals surface area contributed by atoms with Crippen molar-refractivity contribution >= 4 is 20.9 Å². The lowest BCUT2D eigenvalue weighted by molar-refractivity contribution is 0.602. The van der Waals surface area contributed by atoms with E-state index in [0.29, 0.717) is 4.90 Å². The molecule has 96 valence electrons. The molecule has 0 amide bonds. The molecule has 0 saturated carbocycles. The topological polar surface area (TPSA) is 62.8 Å². The van der Waals surface area contributed by atoms with E-state index < -0.39 is 9.84 Å². The summed E-state index contributed by atoms with van der Waals surface area (Å²) in [6, 6.07) is 10.7. The Morgan fingerprint density at radius 2 is 1.84 bits per heavy atom. The highest BCUT2D eigenvalue weighted by molar-refractivity contribution is 7.90. The van der Waals surface area contributed by atoms with E-state index in [-0.39, 0.29) is 0 Å². The van der Waals surface area contributed by atoms with Gasteiger partial charge in [-0.05, 0) is 29.8 Å². The summed E-state index contributed by atoms with van der Waals surface area (Å²) >= 11 is 0. The van der Waals surface area contributed by atoms with Crippen molar-refractivity contribution in [3.63, 3.8) is 0 Å². The van der Waals surface area contributed by atoms with E-state index >= 15 is 0 Å². The number of aromatic amines is 1. The minimum atomic E-state index is -3.15. The smallest absolute Gasteiger partial charge is 0.175 e. The average molecular weight is 272 g/mol. The van der Waals surface area contributed by atoms with Gasteiger partial charge in [0.25, 0.3) is 0 Å². The van der Waals surface area contributed by atoms with Crippen molar-refractivity contribution < 1.29 is 8.42 Å². The molecule has 0 fully saturated rings. The summed E-state index contributed by atoms with van der Waals surface area (Å²) in [5.41, 5.74) is 2.81. The predicted octanol–water partition coefficient (Wildman–Crippen LogP) is 2.63. The number of nitrogens with one attached hydrogen (secondary N) is 1. The zero-order chi connectivity index (χ0) is 13.5. The van der Waals surface area contributed by atoms with Gasteiger partial charge in [-0.15, -0.1) is 0 Å². The van der Waals surface area contributed by atoms with Crippen LogP contribution in [-0.2, 0) is 9.84 Å². The van der Waals surface area contributed by atoms with Crippen LogP contribution >= 0.6 is 0 Å². The molecule has 19 heavy (non-hydrogen) atoms. The Kier molecular flexibility index (Phi) is 2.64. The van der Waals surface area contributed by atoms with Gasteiger partial charge in [0.05, 0.1) is 4.90 Å². The van der Waals surface area contributed by atoms with Crippen LogP contribution in [0.25, 0.3) is 22.2 Å². The molecule has 0 spiro atoms. The first-order valence-corrected chi connectivity index (χ1v) is 7.67. The van der Waals surface area contributed by atoms with Crippen LogP contribution < -0.4 is 0 Å². The fourth-order valence-electron chi connectivity index (χ4n) is 2.08. The number of hydrogen-bond donors (Lipinski definition) is 1. The molecule has 4 nitrogen and oxygen atoms in total. The summed E-state index contributed by atoms with van der Waals surface area (Å²) in [6.07, 6.45) is 4.82. The van der Waals surface area contributed by atoms with Gasteiger partial charge in [0.15, 0.2) is 9.84 Å². The lowest BCUT2D eigenvalue weighted by atomic mass is 10.1. The van der Waals surface area contributed by atoms with Crippen LogP contribution in [0.1, 0.15) is 0 Å². The van der Waals surface area contributed by atoms with Crippen molar-refractivity contribution in [1.29, 1.82) is 0 Å². The highest BCUT2D eigenvalue weighted by Crippen LogP contribution is 2.28. The molecule has 3 aromatic rings. The number of benzene rings is 1. The van der Waals surface area contributed by atoms with Gasteiger partial charge in [-0.2, -0.15) is 0 Å². The van der Waals surface area contributed by atoms with E-state index in [9.17, 15) is 8.42 Å². The van der Waals surface area contributed by atoms with Crippen molar-refractivity contribution in [2.24, 2.45) is 0 Å². The van der Waals surface area contributed by atoms with E-state index in [2.05, 4.69) is 9.97 Å². The van der Waals surface area contributed by atoms with Crippen LogP contribution in [0.3, 0.4) is 0 Å². The molecule has 0 bridgehead atoms. The van der Waals surface area contributed by atoms with Gasteiger partial charge >= 0.3 is 0 Å². The first kappa shape index (κ1) is 11.9. The molecule has 0 aliphatic carbocycles. The zero-order valence-corrected chi connectivity index (χ0v) is 11.1. The maximum absolute atomic E-state index is 11.4. The van der Waals surface area contributed by atoms with E-state index in [4.69, 9.17) is 0 Å². The van der Waals surface area contributed by atoms with Crippen LogP contribution in [-0.4, -0.2) is 24.6 Å². The fraction of sp³-hybridized carbons (Fsp3) is 0.0714. The molecule has 2 heterocycles. The largest absolute Gasteiger partial charge is 0.346 e. The lowest BCUT2D eigenvalue weighted by Crippen LogP contribution is -1.96. The number of rotatable bonds is 2. The molecule has 5 heteroatoms. The molecular weight excluding hydrogens is 260 g/mol. The van der Waals surface area contributed by atoms with Gasteiger partial charge in [-0.3, -0.25) is 0 Å². The fourth-order valence-corrected chi connectivity index (χ4v) is 2.71. The second-order valence-electron chi connectivity index (χ2n) is 4.40. The van der Waals surface area contributed by atoms with Crippen LogP contribution in [0, 0.1) is 0 Å². The third-order valence-corrected chi connectivity index (χ3v) is 4.17. The van der Waals surface area contributed by atoms with Crippen molar-refractivity contribution in [3.05, 3.63) is 48.8 Å². The summed E-state index contributed by atoms with van der Waals surface area (Å²) in [5.74, 6) is 0. The van der Waals surface area contributed by atoms with Gasteiger partial charge in [-0.1, -0.05) is 12.1 Å². The number of nitrogens with zero attached hydrogens (tertiary/aromatic N) is 1. The van der Waals surface area contributed by atoms with Crippen molar-refractivity contribution in [1.82, 2.24) is 9.97 Å². The monoisotopic (exact) mass is 272 g/mol. The first-order chi connectivity index (χ1) is 9.05. The van der Waals surface area contributed by atoms with E-state index in [1.54, 1.807) is 18.3 Å². The Hall–Kier alpha value is -2.14. The minimum Gasteiger partial charge on any atom is -0.346 e. The van der Waals surface area contributed by atoms with Crippen LogP contribution in [0.5, 0.6) is 0 Å². The highest BCUT2D eigenvalue weighted by atomic mass is 32.2. The van der Waals surface area contributed by atoms with Crippen LogP contribution in [0.4, 0.5) is 0 Å². The number of H-pyrrole nitrogens is 1. The molecule has 0 aliphatic heterocycles. The normalized spacial score (nSPS) is 11.8. The van der Waals surface area contributed by atoms with Gasteiger partial charge < -0.3 is 4.98 Å². The number of sulfone groups is 1. The number of aromatic nitrogens is 2. The molecular formula is C14H12N2O2S. The van der Waals surface area contributed by atoms with Crippen molar-refractivity contribution in [2.75, 3.05) is 6.26 Å². The Morgan fingerprint density at radius 1 is 1.11 bits per heavy atom. The third-order valence-electron chi connectivity index (χ3n) is 3.04. The Balaban J connectivity index is 2.12. The minimum absolute atomic E-state index is 0.328. The molecule has 2 aromatic heterocycles. The maximum Gasteiger partial charge on any atom is 0.175 e. The number of hydrogen-bond acceptors (Lipinski definition) is 3. The summed E-state index contributed by atoms with van der Waals surface area (Å²) in [6.45, 7) is 0. The predicted molar refractivity (Wildman–Crippen MR) is 74.6 cm³/mol. The quantitative estimate of drug-likeness (QED) is 0.780. The van der Waals surface area contributed by atoms with Gasteiger partial charge in [-0.25, -0.2) is 13.4 Å². The average Bonchev–Trinajstić information content (AvgIpc) is 2.82. The Labute approximate surface area is 111 Å². The second kappa shape index (κ2) is 4.20. The second-order valence-corrected chi connectivity index (χ2v) is 6.41. The highest BCUT2D eigenvalue weighted by Gasteiger charge is 2.09. The van der Waals surface area contributed by atoms with Gasteiger partial charge in [0.2, 0.25) is 0 Å². The van der Waals surface area contributed by atoms with E-state index in [1.165, 1.54) is 6.26 Å². The van der Waals surface area contributed by atoms with E-state index in [1.807, 2.05) is 30.5 Å². The molecule has 1 N–H and O–H groups in total. The number of fused-ring (bicyclic) bond motifs is 1. The lowest BCUT2D eigenvalue weighted by Gasteiger charge is -2.02. The molecule has 0 unspecified atom stereocenters. The van der Waals surface area contributed by atoms with Crippen molar-refractivity contribution in [2.45, 2.75) is 4.90 Å². The molecule has 3 rings (SSSR count). The summed E-state index contributed by atoms with van der Waals surface area (Å²) in [4.78, 5) is 7.66. The molecule has 0 radical (unpaired) electrons. The molecule has 0 saturated heterocycles. The first-order valence-electron chi connectivity index (χ1n) is 5.78. The molecule has 0 atom stereocenters. The summed E-state index contributed by atoms with van der Waals surface area (Å²) in [7, 11) is -3.15. The SMILES string of the molecule is CS(=O)(=O)c1ccc(-c2c[nH]c3ncccc23)cc1. The van der Waals surface area contributed by atoms with Crippen molar-refractivity contribution in [3.8, 4) is 11.1 Å². The van der Waals surface area contributed by atoms with Crippen LogP contribution in [0.15, 0.2) is 53.7 Å². The summed E-state index contributed by atoms with van der Waals surface area (Å²) in [5, 5.41) is 1.02. The Bertz CT molecular complexity index is 833. The van der Waals surface area contributed by atoms with Crippen LogP contribution in [0.2, 0.25) is 0 Å². The van der Waals surface area contributed by atoms with E-state index in [0.717, 1.165) is 22.2 Å². The molecule has 0 aliphatic rings. The number of pyridine rings is 1. The Morgan fingerprint density at radius 3 is 2.53 bits per heavy atom. The zero-order valence-electron chi connectivity index (χ0n) is 10.3. The molecule has 1 aromatic carbocycles. The standard InChI is InChI=1S/C14H12N2O2S/c1-19(17,18)11-6-4-10(5-7-11)13-9-16-14-12(13)3-2-8-15-14/h2-9H,1H3,(H,15,16). The summed E-state index contributed by atoms with van der Waals surface area (Å²) < 4.78 is 22.9. The van der Waals surface area contributed by atoms with Gasteiger partial charge in [0, 0.05) is 29.6 Å². The van der Waals surface area contributed by atoms with Gasteiger partial charge in [0.1, 0.15) is 5.65 Å².